The van der Waals surface area contributed by atoms with Gasteiger partial charge in [-0.1, -0.05) is 18.2 Å². The molecule has 0 amide bonds. The average Bonchev–Trinajstić information content (AvgIpc) is 3.66. The van der Waals surface area contributed by atoms with E-state index >= 15 is 0 Å². The molecule has 0 aromatic carbocycles. The minimum absolute atomic E-state index is 0. The van der Waals surface area contributed by atoms with Crippen molar-refractivity contribution in [3.8, 4) is 0 Å². The largest absolute Gasteiger partial charge is 0.414 e. The molecule has 0 aliphatic rings. The Balaban J connectivity index is -0.000000569. The minimum atomic E-state index is -4.67. The molecule has 6 unspecified atom stereocenters. The molecule has 0 spiro atoms. The van der Waals surface area contributed by atoms with E-state index in [0.29, 0.717) is 14.6 Å². The van der Waals surface area contributed by atoms with Crippen LogP contribution in [0.5, 0.6) is 0 Å². The molecule has 0 bridgehead atoms. The van der Waals surface area contributed by atoms with Crippen LogP contribution in [0.4, 0.5) is 39.5 Å². The Morgan fingerprint density at radius 1 is 0.467 bits per heavy atom. The van der Waals surface area contributed by atoms with E-state index in [-0.39, 0.29) is 60.3 Å². The van der Waals surface area contributed by atoms with Crippen molar-refractivity contribution in [2.45, 2.75) is 74.4 Å². The molecule has 21 heteroatoms. The summed E-state index contributed by atoms with van der Waals surface area (Å²) in [5.41, 5.74) is 0. The van der Waals surface area contributed by atoms with Crippen molar-refractivity contribution >= 4 is 34.0 Å². The molecule has 8 nitrogen and oxygen atoms in total. The second-order valence-electron chi connectivity index (χ2n) is 8.47. The van der Waals surface area contributed by atoms with Crippen molar-refractivity contribution in [3.05, 3.63) is 67.2 Å². The number of aliphatic hydroxyl groups is 6. The summed E-state index contributed by atoms with van der Waals surface area (Å²) in [7, 11) is 0. The topological polar surface area (TPSA) is 184 Å². The van der Waals surface area contributed by atoms with Crippen molar-refractivity contribution in [1.82, 2.24) is 0 Å². The van der Waals surface area contributed by atoms with Crippen LogP contribution in [-0.2, 0) is 0 Å². The van der Waals surface area contributed by atoms with Crippen LogP contribution in [0.15, 0.2) is 52.5 Å². The molecule has 0 aliphatic carbocycles. The van der Waals surface area contributed by atoms with Gasteiger partial charge in [-0.15, -0.1) is 34.0 Å². The van der Waals surface area contributed by atoms with Crippen LogP contribution in [0.25, 0.3) is 0 Å². The summed E-state index contributed by atoms with van der Waals surface area (Å²) in [6.45, 7) is 0. The molecule has 3 aromatic rings. The summed E-state index contributed by atoms with van der Waals surface area (Å²) in [4.78, 5) is 1.27. The van der Waals surface area contributed by atoms with Gasteiger partial charge in [0.25, 0.3) is 0 Å². The first-order valence-electron chi connectivity index (χ1n) is 11.6. The molecular weight excluding hydrogens is 835 g/mol. The molecule has 0 saturated heterocycles. The first kappa shape index (κ1) is 49.1. The number of hydrogen-bond acceptors (Lipinski definition) is 9. The summed E-state index contributed by atoms with van der Waals surface area (Å²) in [5, 5.41) is 58.9. The summed E-state index contributed by atoms with van der Waals surface area (Å²) in [6.07, 6.45) is -27.4. The van der Waals surface area contributed by atoms with Crippen LogP contribution < -0.4 is 0 Å². The monoisotopic (exact) mass is 867 g/mol. The van der Waals surface area contributed by atoms with Crippen molar-refractivity contribution in [1.29, 1.82) is 0 Å². The van der Waals surface area contributed by atoms with E-state index in [4.69, 9.17) is 15.3 Å². The number of hydrogen-bond donors (Lipinski definition) is 6. The zero-order valence-electron chi connectivity index (χ0n) is 22.5. The Morgan fingerprint density at radius 3 is 0.800 bits per heavy atom. The average molecular weight is 867 g/mol. The van der Waals surface area contributed by atoms with Crippen molar-refractivity contribution in [2.75, 3.05) is 0 Å². The summed E-state index contributed by atoms with van der Waals surface area (Å²) >= 11 is 3.47. The fourth-order valence-corrected chi connectivity index (χ4v) is 5.00. The predicted molar refractivity (Wildman–Crippen MR) is 145 cm³/mol. The minimum Gasteiger partial charge on any atom is -0.412 e. The molecule has 45 heavy (non-hydrogen) atoms. The van der Waals surface area contributed by atoms with Gasteiger partial charge in [-0.3, -0.25) is 0 Å². The Kier molecular flexibility index (Phi) is 24.4. The summed E-state index contributed by atoms with van der Waals surface area (Å²) in [5.74, 6) is 0. The van der Waals surface area contributed by atoms with Gasteiger partial charge in [-0.05, 0) is 34.3 Å². The number of alkyl halides is 9. The fraction of sp³-hybridized carbons (Fsp3) is 0.500. The fourth-order valence-electron chi connectivity index (χ4n) is 2.83. The van der Waals surface area contributed by atoms with Crippen LogP contribution in [0, 0.1) is 49.4 Å². The molecule has 0 fully saturated rings. The standard InChI is InChI=1S/3C8H9F3O2S.Eu.2H2O/c3*9-8(10,11)7(13)4-5(12)6-2-1-3-14-6;;;/h3*1-3,5,7,12-13H,4H2;;2*1H2. The normalized spacial score (nSPS) is 15.5. The Labute approximate surface area is 303 Å². The van der Waals surface area contributed by atoms with Crippen LogP contribution in [0.2, 0.25) is 0 Å². The van der Waals surface area contributed by atoms with Crippen LogP contribution in [0.1, 0.15) is 52.2 Å². The zero-order valence-corrected chi connectivity index (χ0v) is 27.3. The molecule has 3 heterocycles. The number of aliphatic hydroxyl groups excluding tert-OH is 6. The van der Waals surface area contributed by atoms with Crippen LogP contribution in [-0.4, -0.2) is 78.4 Å². The second-order valence-corrected chi connectivity index (χ2v) is 11.4. The van der Waals surface area contributed by atoms with Crippen molar-refractivity contribution in [2.24, 2.45) is 0 Å². The van der Waals surface area contributed by atoms with Gasteiger partial charge in [0.05, 0.1) is 18.3 Å². The Morgan fingerprint density at radius 2 is 0.667 bits per heavy atom. The van der Waals surface area contributed by atoms with E-state index in [0.717, 1.165) is 34.0 Å². The second kappa shape index (κ2) is 22.4. The van der Waals surface area contributed by atoms with E-state index in [9.17, 15) is 54.8 Å². The molecule has 0 aliphatic heterocycles. The predicted octanol–water partition coefficient (Wildman–Crippen LogP) is 4.64. The van der Waals surface area contributed by atoms with Gasteiger partial charge < -0.3 is 41.6 Å². The van der Waals surface area contributed by atoms with E-state index in [1.165, 1.54) is 18.2 Å². The third kappa shape index (κ3) is 19.4. The van der Waals surface area contributed by atoms with Crippen molar-refractivity contribution in [3.63, 3.8) is 0 Å². The molecule has 10 N–H and O–H groups in total. The third-order valence-corrected chi connectivity index (χ3v) is 8.01. The maximum Gasteiger partial charge on any atom is 0.414 e. The molecule has 0 saturated carbocycles. The maximum atomic E-state index is 11.9. The molecule has 6 atom stereocenters. The third-order valence-electron chi connectivity index (χ3n) is 5.09. The van der Waals surface area contributed by atoms with Crippen molar-refractivity contribution < 1.29 is 130 Å². The van der Waals surface area contributed by atoms with Gasteiger partial charge in [0, 0.05) is 83.3 Å². The van der Waals surface area contributed by atoms with Gasteiger partial charge >= 0.3 is 18.5 Å². The van der Waals surface area contributed by atoms with Gasteiger partial charge in [-0.2, -0.15) is 39.5 Å². The first-order valence-corrected chi connectivity index (χ1v) is 14.3. The van der Waals surface area contributed by atoms with Gasteiger partial charge in [-0.25, -0.2) is 0 Å². The molecule has 3 rings (SSSR count). The van der Waals surface area contributed by atoms with Gasteiger partial charge in [0.15, 0.2) is 18.3 Å². The van der Waals surface area contributed by atoms with E-state index in [1.54, 1.807) is 34.3 Å². The number of rotatable bonds is 9. The Hall–Kier alpha value is -0.266. The van der Waals surface area contributed by atoms with Gasteiger partial charge in [0.2, 0.25) is 0 Å². The molecule has 1 radical (unpaired) electrons. The first-order chi connectivity index (χ1) is 19.2. The molecular formula is C24H31EuF9O8S3. The zero-order chi connectivity index (χ0) is 32.3. The van der Waals surface area contributed by atoms with Crippen LogP contribution >= 0.6 is 34.0 Å². The smallest absolute Gasteiger partial charge is 0.412 e. The summed E-state index contributed by atoms with van der Waals surface area (Å²) < 4.78 is 107. The van der Waals surface area contributed by atoms with E-state index < -0.39 is 74.4 Å². The number of thiophene rings is 3. The SMILES string of the molecule is O.O.OC(CC(O)C(F)(F)F)c1cccs1.OC(CC(O)C(F)(F)F)c1cccs1.OC(CC(O)C(F)(F)F)c1cccs1.[Eu]. The maximum absolute atomic E-state index is 11.9. The van der Waals surface area contributed by atoms with E-state index in [1.807, 2.05) is 0 Å². The Bertz CT molecular complexity index is 962. The number of halogens is 9. The van der Waals surface area contributed by atoms with E-state index in [2.05, 4.69) is 0 Å². The molecule has 3 aromatic heterocycles. The molecule has 263 valence electrons. The quantitative estimate of drug-likeness (QED) is 0.171. The van der Waals surface area contributed by atoms with Gasteiger partial charge in [0.1, 0.15) is 0 Å². The summed E-state index contributed by atoms with van der Waals surface area (Å²) in [6, 6.07) is 9.46. The van der Waals surface area contributed by atoms with Crippen LogP contribution in [0.3, 0.4) is 0 Å².